The number of carbonyl (C=O) groups excluding carboxylic acids is 1. The van der Waals surface area contributed by atoms with Crippen LogP contribution in [0.15, 0.2) is 58.4 Å². The van der Waals surface area contributed by atoms with Crippen molar-refractivity contribution in [1.82, 2.24) is 19.3 Å². The molecule has 3 rings (SSSR count). The number of benzene rings is 1. The normalized spacial score (nSPS) is 10.5. The molecular formula is C16H15N5O3. The van der Waals surface area contributed by atoms with Gasteiger partial charge in [0.05, 0.1) is 6.54 Å². The summed E-state index contributed by atoms with van der Waals surface area (Å²) in [6, 6.07) is 10.0. The van der Waals surface area contributed by atoms with Crippen LogP contribution in [0.25, 0.3) is 0 Å². The second-order valence-corrected chi connectivity index (χ2v) is 5.25. The summed E-state index contributed by atoms with van der Waals surface area (Å²) in [6.07, 6.45) is 3.09. The van der Waals surface area contributed by atoms with Gasteiger partial charge in [0.2, 0.25) is 0 Å². The molecule has 0 saturated carbocycles. The summed E-state index contributed by atoms with van der Waals surface area (Å²) in [5.74, 6) is -0.397. The van der Waals surface area contributed by atoms with Gasteiger partial charge in [-0.25, -0.2) is 9.78 Å². The van der Waals surface area contributed by atoms with Crippen LogP contribution in [0.3, 0.4) is 0 Å². The van der Waals surface area contributed by atoms with E-state index < -0.39 is 5.91 Å². The average Bonchev–Trinajstić information content (AvgIpc) is 2.89. The predicted octanol–water partition coefficient (Wildman–Crippen LogP) is 0.571. The number of nitrogens with one attached hydrogen (secondary N) is 2. The molecule has 0 atom stereocenters. The Kier molecular flexibility index (Phi) is 4.11. The van der Waals surface area contributed by atoms with Crippen LogP contribution in [0.4, 0.5) is 5.69 Å². The highest BCUT2D eigenvalue weighted by Crippen LogP contribution is 2.12. The van der Waals surface area contributed by atoms with E-state index in [9.17, 15) is 14.4 Å². The van der Waals surface area contributed by atoms with Crippen LogP contribution in [0.1, 0.15) is 16.1 Å². The Morgan fingerprint density at radius 2 is 2.08 bits per heavy atom. The number of hydrogen-bond donors (Lipinski definition) is 2. The maximum absolute atomic E-state index is 12.2. The first-order valence-electron chi connectivity index (χ1n) is 7.21. The van der Waals surface area contributed by atoms with Crippen LogP contribution in [0.2, 0.25) is 0 Å². The van der Waals surface area contributed by atoms with E-state index in [1.807, 2.05) is 6.07 Å². The number of rotatable bonds is 4. The molecule has 8 heteroatoms. The Morgan fingerprint density at radius 1 is 1.25 bits per heavy atom. The molecule has 122 valence electrons. The summed E-state index contributed by atoms with van der Waals surface area (Å²) in [7, 11) is 1.58. The smallest absolute Gasteiger partial charge is 0.321 e. The summed E-state index contributed by atoms with van der Waals surface area (Å²) < 4.78 is 2.83. The third-order valence-electron chi connectivity index (χ3n) is 3.46. The maximum Gasteiger partial charge on any atom is 0.347 e. The van der Waals surface area contributed by atoms with Gasteiger partial charge < -0.3 is 5.32 Å². The van der Waals surface area contributed by atoms with Crippen molar-refractivity contribution in [2.45, 2.75) is 6.54 Å². The van der Waals surface area contributed by atoms with Gasteiger partial charge in [0, 0.05) is 31.2 Å². The van der Waals surface area contributed by atoms with Crippen molar-refractivity contribution in [3.63, 3.8) is 0 Å². The SMILES string of the molecule is Cn1[nH]c(=O)cc1C(=O)Nc1cccc(Cn2cccnc2=O)c1. The highest BCUT2D eigenvalue weighted by atomic mass is 16.2. The van der Waals surface area contributed by atoms with E-state index >= 15 is 0 Å². The van der Waals surface area contributed by atoms with Crippen LogP contribution in [0.5, 0.6) is 0 Å². The number of amides is 1. The van der Waals surface area contributed by atoms with E-state index in [0.29, 0.717) is 12.2 Å². The Balaban J connectivity index is 1.79. The first-order chi connectivity index (χ1) is 11.5. The molecule has 1 aromatic carbocycles. The molecule has 8 nitrogen and oxygen atoms in total. The van der Waals surface area contributed by atoms with Crippen LogP contribution in [0, 0.1) is 0 Å². The zero-order chi connectivity index (χ0) is 17.1. The van der Waals surface area contributed by atoms with Gasteiger partial charge in [0.25, 0.3) is 11.5 Å². The Hall–Kier alpha value is -3.42. The largest absolute Gasteiger partial charge is 0.347 e. The molecule has 0 bridgehead atoms. The van der Waals surface area contributed by atoms with Gasteiger partial charge in [0.15, 0.2) is 0 Å². The second-order valence-electron chi connectivity index (χ2n) is 5.25. The van der Waals surface area contributed by atoms with E-state index in [4.69, 9.17) is 0 Å². The molecule has 0 spiro atoms. The van der Waals surface area contributed by atoms with Crippen molar-refractivity contribution in [3.05, 3.63) is 80.9 Å². The molecule has 24 heavy (non-hydrogen) atoms. The lowest BCUT2D eigenvalue weighted by Gasteiger charge is -2.09. The predicted molar refractivity (Wildman–Crippen MR) is 88.0 cm³/mol. The van der Waals surface area contributed by atoms with Gasteiger partial charge in [-0.2, -0.15) is 0 Å². The molecule has 0 aliphatic carbocycles. The lowest BCUT2D eigenvalue weighted by atomic mass is 10.2. The van der Waals surface area contributed by atoms with Crippen LogP contribution >= 0.6 is 0 Å². The van der Waals surface area contributed by atoms with Crippen LogP contribution in [-0.2, 0) is 13.6 Å². The zero-order valence-corrected chi connectivity index (χ0v) is 12.9. The van der Waals surface area contributed by atoms with Gasteiger partial charge in [0.1, 0.15) is 5.69 Å². The zero-order valence-electron chi connectivity index (χ0n) is 12.9. The molecule has 2 aromatic heterocycles. The van der Waals surface area contributed by atoms with Gasteiger partial charge >= 0.3 is 5.69 Å². The molecule has 0 saturated heterocycles. The van der Waals surface area contributed by atoms with Gasteiger partial charge in [-0.15, -0.1) is 0 Å². The monoisotopic (exact) mass is 325 g/mol. The van der Waals surface area contributed by atoms with Crippen LogP contribution < -0.4 is 16.6 Å². The van der Waals surface area contributed by atoms with E-state index in [1.165, 1.54) is 21.5 Å². The highest BCUT2D eigenvalue weighted by molar-refractivity contribution is 6.03. The van der Waals surface area contributed by atoms with Crippen molar-refractivity contribution in [1.29, 1.82) is 0 Å². The number of nitrogens with zero attached hydrogens (tertiary/aromatic N) is 3. The van der Waals surface area contributed by atoms with Gasteiger partial charge in [-0.1, -0.05) is 12.1 Å². The first kappa shape index (κ1) is 15.5. The Morgan fingerprint density at radius 3 is 2.79 bits per heavy atom. The fraction of sp³-hybridized carbons (Fsp3) is 0.125. The summed E-state index contributed by atoms with van der Waals surface area (Å²) >= 11 is 0. The third-order valence-corrected chi connectivity index (χ3v) is 3.46. The van der Waals surface area contributed by atoms with Crippen molar-refractivity contribution < 1.29 is 4.79 Å². The average molecular weight is 325 g/mol. The quantitative estimate of drug-likeness (QED) is 0.732. The number of aromatic nitrogens is 4. The molecule has 2 N–H and O–H groups in total. The van der Waals surface area contributed by atoms with Crippen molar-refractivity contribution >= 4 is 11.6 Å². The molecule has 3 aromatic rings. The molecule has 0 unspecified atom stereocenters. The fourth-order valence-electron chi connectivity index (χ4n) is 2.34. The Labute approximate surface area is 136 Å². The number of aromatic amines is 1. The number of anilines is 1. The second kappa shape index (κ2) is 6.37. The minimum absolute atomic E-state index is 0.230. The molecule has 0 aliphatic heterocycles. The standard InChI is InChI=1S/C16H15N5O3/c1-20-13(9-14(22)19-20)15(23)18-12-5-2-4-11(8-12)10-21-7-3-6-17-16(21)24/h2-9H,10H2,1H3,(H,18,23)(H,19,22). The lowest BCUT2D eigenvalue weighted by molar-refractivity contribution is 0.101. The summed E-state index contributed by atoms with van der Waals surface area (Å²) in [4.78, 5) is 38.8. The van der Waals surface area contributed by atoms with Gasteiger partial charge in [-0.05, 0) is 23.8 Å². The van der Waals surface area contributed by atoms with Crippen molar-refractivity contribution in [2.24, 2.45) is 7.05 Å². The molecule has 2 heterocycles. The molecule has 0 radical (unpaired) electrons. The summed E-state index contributed by atoms with van der Waals surface area (Å²) in [6.45, 7) is 0.346. The number of H-pyrrole nitrogens is 1. The molecular weight excluding hydrogens is 310 g/mol. The Bertz CT molecular complexity index is 999. The minimum Gasteiger partial charge on any atom is -0.321 e. The summed E-state index contributed by atoms with van der Waals surface area (Å²) in [5.41, 5.74) is 0.962. The van der Waals surface area contributed by atoms with Crippen molar-refractivity contribution in [3.8, 4) is 0 Å². The first-order valence-corrected chi connectivity index (χ1v) is 7.21. The fourth-order valence-corrected chi connectivity index (χ4v) is 2.34. The number of aryl methyl sites for hydroxylation is 1. The topological polar surface area (TPSA) is 102 Å². The molecule has 0 fully saturated rings. The minimum atomic E-state index is -0.397. The maximum atomic E-state index is 12.2. The highest BCUT2D eigenvalue weighted by Gasteiger charge is 2.11. The van der Waals surface area contributed by atoms with E-state index in [0.717, 1.165) is 5.56 Å². The number of carbonyl (C=O) groups is 1. The molecule has 1 amide bonds. The van der Waals surface area contributed by atoms with E-state index in [-0.39, 0.29) is 16.9 Å². The van der Waals surface area contributed by atoms with Crippen molar-refractivity contribution in [2.75, 3.05) is 5.32 Å². The number of hydrogen-bond acceptors (Lipinski definition) is 4. The molecule has 0 aliphatic rings. The van der Waals surface area contributed by atoms with E-state index in [1.54, 1.807) is 37.5 Å². The van der Waals surface area contributed by atoms with E-state index in [2.05, 4.69) is 15.4 Å². The third kappa shape index (κ3) is 3.32. The summed E-state index contributed by atoms with van der Waals surface area (Å²) in [5, 5.41) is 5.21. The van der Waals surface area contributed by atoms with Gasteiger partial charge in [-0.3, -0.25) is 23.9 Å². The lowest BCUT2D eigenvalue weighted by Crippen LogP contribution is -2.22. The van der Waals surface area contributed by atoms with Crippen LogP contribution in [-0.4, -0.2) is 25.2 Å².